The van der Waals surface area contributed by atoms with Crippen LogP contribution in [0.15, 0.2) is 30.5 Å². The molecule has 0 N–H and O–H groups in total. The fourth-order valence-electron chi connectivity index (χ4n) is 2.57. The first-order valence-corrected chi connectivity index (χ1v) is 6.60. The first-order chi connectivity index (χ1) is 8.68. The van der Waals surface area contributed by atoms with E-state index in [1.807, 2.05) is 23.1 Å². The summed E-state index contributed by atoms with van der Waals surface area (Å²) < 4.78 is 0. The predicted octanol–water partition coefficient (Wildman–Crippen LogP) is 2.88. The maximum absolute atomic E-state index is 12.2. The molecule has 0 radical (unpaired) electrons. The molecule has 96 valence electrons. The van der Waals surface area contributed by atoms with Crippen LogP contribution in [0.2, 0.25) is 0 Å². The second kappa shape index (κ2) is 5.80. The van der Waals surface area contributed by atoms with Gasteiger partial charge in [-0.2, -0.15) is 0 Å². The molecule has 2 heterocycles. The first kappa shape index (κ1) is 12.8. The van der Waals surface area contributed by atoms with Gasteiger partial charge in [-0.25, -0.2) is 0 Å². The highest BCUT2D eigenvalue weighted by atomic mass is 16.2. The van der Waals surface area contributed by atoms with Gasteiger partial charge in [0.05, 0.1) is 5.69 Å². The Balaban J connectivity index is 2.05. The van der Waals surface area contributed by atoms with Crippen molar-refractivity contribution >= 4 is 12.0 Å². The third-order valence-electron chi connectivity index (χ3n) is 3.53. The Morgan fingerprint density at radius 2 is 2.06 bits per heavy atom. The number of carbonyl (C=O) groups excluding carboxylic acids is 1. The summed E-state index contributed by atoms with van der Waals surface area (Å²) in [5.41, 5.74) is 0.822. The highest BCUT2D eigenvalue weighted by Gasteiger charge is 2.27. The van der Waals surface area contributed by atoms with Gasteiger partial charge in [0, 0.05) is 24.4 Å². The van der Waals surface area contributed by atoms with E-state index in [0.717, 1.165) is 18.5 Å². The minimum Gasteiger partial charge on any atom is -0.334 e. The molecule has 2 atom stereocenters. The van der Waals surface area contributed by atoms with E-state index in [0.29, 0.717) is 12.1 Å². The number of hydrogen-bond acceptors (Lipinski definition) is 2. The largest absolute Gasteiger partial charge is 0.334 e. The molecule has 1 aromatic heterocycles. The van der Waals surface area contributed by atoms with Crippen molar-refractivity contribution in [3.05, 3.63) is 36.2 Å². The predicted molar refractivity (Wildman–Crippen MR) is 72.9 cm³/mol. The Labute approximate surface area is 109 Å². The van der Waals surface area contributed by atoms with E-state index in [-0.39, 0.29) is 5.91 Å². The number of pyridine rings is 1. The quantitative estimate of drug-likeness (QED) is 0.749. The van der Waals surface area contributed by atoms with Gasteiger partial charge in [-0.1, -0.05) is 6.07 Å². The number of nitrogens with zero attached hydrogens (tertiary/aromatic N) is 2. The molecular formula is C15H20N2O. The van der Waals surface area contributed by atoms with E-state index < -0.39 is 0 Å². The molecule has 1 aliphatic rings. The molecular weight excluding hydrogens is 224 g/mol. The molecule has 0 aliphatic carbocycles. The first-order valence-electron chi connectivity index (χ1n) is 6.60. The monoisotopic (exact) mass is 244 g/mol. The number of piperidine rings is 1. The van der Waals surface area contributed by atoms with Crippen LogP contribution in [0.5, 0.6) is 0 Å². The summed E-state index contributed by atoms with van der Waals surface area (Å²) in [6, 6.07) is 6.37. The molecule has 3 heteroatoms. The Kier molecular flexibility index (Phi) is 4.13. The van der Waals surface area contributed by atoms with E-state index in [1.54, 1.807) is 18.3 Å². The highest BCUT2D eigenvalue weighted by Crippen LogP contribution is 2.22. The van der Waals surface area contributed by atoms with Gasteiger partial charge >= 0.3 is 0 Å². The minimum atomic E-state index is 0.0975. The molecule has 1 saturated heterocycles. The van der Waals surface area contributed by atoms with Crippen LogP contribution in [-0.4, -0.2) is 27.9 Å². The minimum absolute atomic E-state index is 0.0975. The molecule has 0 bridgehead atoms. The molecule has 3 nitrogen and oxygen atoms in total. The number of hydrogen-bond donors (Lipinski definition) is 0. The Hall–Kier alpha value is -1.64. The van der Waals surface area contributed by atoms with Crippen LogP contribution in [0.4, 0.5) is 0 Å². The van der Waals surface area contributed by atoms with Crippen LogP contribution in [0, 0.1) is 0 Å². The van der Waals surface area contributed by atoms with E-state index >= 15 is 0 Å². The summed E-state index contributed by atoms with van der Waals surface area (Å²) in [6.45, 7) is 4.25. The van der Waals surface area contributed by atoms with Crippen LogP contribution < -0.4 is 0 Å². The van der Waals surface area contributed by atoms with Gasteiger partial charge in [0.1, 0.15) is 0 Å². The van der Waals surface area contributed by atoms with Gasteiger partial charge in [-0.05, 0) is 51.3 Å². The standard InChI is InChI=1S/C15H20N2O/c1-12-6-5-7-13(2)17(12)15(18)10-9-14-8-3-4-11-16-14/h3-4,8-13H,5-7H2,1-2H3/b10-9+/t12-,13-/m1/s1. The molecule has 2 rings (SSSR count). The van der Waals surface area contributed by atoms with E-state index in [1.165, 1.54) is 6.42 Å². The lowest BCUT2D eigenvalue weighted by atomic mass is 9.97. The Bertz CT molecular complexity index is 417. The van der Waals surface area contributed by atoms with Gasteiger partial charge in [0.25, 0.3) is 0 Å². The summed E-state index contributed by atoms with van der Waals surface area (Å²) in [7, 11) is 0. The lowest BCUT2D eigenvalue weighted by Crippen LogP contribution is -2.46. The normalized spacial score (nSPS) is 24.4. The molecule has 0 aromatic carbocycles. The number of likely N-dealkylation sites (tertiary alicyclic amines) is 1. The lowest BCUT2D eigenvalue weighted by molar-refractivity contribution is -0.131. The van der Waals surface area contributed by atoms with Crippen molar-refractivity contribution in [1.29, 1.82) is 0 Å². The van der Waals surface area contributed by atoms with E-state index in [9.17, 15) is 4.79 Å². The van der Waals surface area contributed by atoms with Gasteiger partial charge in [-0.3, -0.25) is 9.78 Å². The van der Waals surface area contributed by atoms with Gasteiger partial charge in [-0.15, -0.1) is 0 Å². The number of carbonyl (C=O) groups is 1. The van der Waals surface area contributed by atoms with Crippen molar-refractivity contribution in [2.75, 3.05) is 0 Å². The van der Waals surface area contributed by atoms with Crippen molar-refractivity contribution in [2.24, 2.45) is 0 Å². The van der Waals surface area contributed by atoms with Crippen molar-refractivity contribution < 1.29 is 4.79 Å². The van der Waals surface area contributed by atoms with Crippen LogP contribution in [0.3, 0.4) is 0 Å². The SMILES string of the molecule is C[C@@H]1CCC[C@@H](C)N1C(=O)/C=C/c1ccccn1. The maximum Gasteiger partial charge on any atom is 0.247 e. The Morgan fingerprint density at radius 3 is 2.67 bits per heavy atom. The summed E-state index contributed by atoms with van der Waals surface area (Å²) in [4.78, 5) is 18.4. The molecule has 18 heavy (non-hydrogen) atoms. The fraction of sp³-hybridized carbons (Fsp3) is 0.467. The average molecular weight is 244 g/mol. The zero-order valence-electron chi connectivity index (χ0n) is 11.0. The maximum atomic E-state index is 12.2. The van der Waals surface area contributed by atoms with Gasteiger partial charge in [0.15, 0.2) is 0 Å². The number of aromatic nitrogens is 1. The molecule has 1 fully saturated rings. The zero-order valence-corrected chi connectivity index (χ0v) is 11.0. The van der Waals surface area contributed by atoms with Crippen LogP contribution in [-0.2, 0) is 4.79 Å². The molecule has 0 spiro atoms. The smallest absolute Gasteiger partial charge is 0.247 e. The second-order valence-corrected chi connectivity index (χ2v) is 4.96. The summed E-state index contributed by atoms with van der Waals surface area (Å²) >= 11 is 0. The molecule has 1 amide bonds. The summed E-state index contributed by atoms with van der Waals surface area (Å²) in [5.74, 6) is 0.0975. The lowest BCUT2D eigenvalue weighted by Gasteiger charge is -2.38. The van der Waals surface area contributed by atoms with Crippen molar-refractivity contribution in [3.63, 3.8) is 0 Å². The topological polar surface area (TPSA) is 33.2 Å². The van der Waals surface area contributed by atoms with Crippen molar-refractivity contribution in [3.8, 4) is 0 Å². The number of rotatable bonds is 2. The molecule has 0 saturated carbocycles. The van der Waals surface area contributed by atoms with Crippen LogP contribution in [0.1, 0.15) is 38.8 Å². The van der Waals surface area contributed by atoms with Gasteiger partial charge in [0.2, 0.25) is 5.91 Å². The van der Waals surface area contributed by atoms with E-state index in [2.05, 4.69) is 18.8 Å². The van der Waals surface area contributed by atoms with Crippen molar-refractivity contribution in [1.82, 2.24) is 9.88 Å². The van der Waals surface area contributed by atoms with Crippen molar-refractivity contribution in [2.45, 2.75) is 45.2 Å². The molecule has 1 aliphatic heterocycles. The van der Waals surface area contributed by atoms with Crippen LogP contribution in [0.25, 0.3) is 6.08 Å². The zero-order chi connectivity index (χ0) is 13.0. The third-order valence-corrected chi connectivity index (χ3v) is 3.53. The number of amides is 1. The Morgan fingerprint density at radius 1 is 1.33 bits per heavy atom. The summed E-state index contributed by atoms with van der Waals surface area (Å²) in [5, 5.41) is 0. The van der Waals surface area contributed by atoms with E-state index in [4.69, 9.17) is 0 Å². The molecule has 0 unspecified atom stereocenters. The highest BCUT2D eigenvalue weighted by molar-refractivity contribution is 5.92. The van der Waals surface area contributed by atoms with Crippen LogP contribution >= 0.6 is 0 Å². The van der Waals surface area contributed by atoms with Gasteiger partial charge < -0.3 is 4.90 Å². The second-order valence-electron chi connectivity index (χ2n) is 4.96. The average Bonchev–Trinajstić information content (AvgIpc) is 2.37. The molecule has 1 aromatic rings. The fourth-order valence-corrected chi connectivity index (χ4v) is 2.57. The third kappa shape index (κ3) is 2.97. The summed E-state index contributed by atoms with van der Waals surface area (Å²) in [6.07, 6.45) is 8.59.